The molecule has 106 valence electrons. The SMILES string of the molecule is COC(=O)c1ccc(CNCCCC(C)CO)nc1. The highest BCUT2D eigenvalue weighted by molar-refractivity contribution is 5.88. The standard InChI is InChI=1S/C14H22N2O3/c1-11(10-17)4-3-7-15-9-13-6-5-12(8-16-13)14(18)19-2/h5-6,8,11,15,17H,3-4,7,9-10H2,1-2H3. The van der Waals surface area contributed by atoms with E-state index in [4.69, 9.17) is 5.11 Å². The summed E-state index contributed by atoms with van der Waals surface area (Å²) in [6, 6.07) is 3.53. The molecule has 0 saturated heterocycles. The lowest BCUT2D eigenvalue weighted by Gasteiger charge is -2.08. The minimum atomic E-state index is -0.370. The first-order chi connectivity index (χ1) is 9.17. The zero-order valence-corrected chi connectivity index (χ0v) is 11.6. The van der Waals surface area contributed by atoms with Crippen molar-refractivity contribution in [3.8, 4) is 0 Å². The van der Waals surface area contributed by atoms with Gasteiger partial charge in [-0.3, -0.25) is 4.98 Å². The van der Waals surface area contributed by atoms with Crippen LogP contribution in [0.2, 0.25) is 0 Å². The molecule has 0 radical (unpaired) electrons. The van der Waals surface area contributed by atoms with Crippen molar-refractivity contribution < 1.29 is 14.6 Å². The van der Waals surface area contributed by atoms with Crippen molar-refractivity contribution in [3.05, 3.63) is 29.6 Å². The van der Waals surface area contributed by atoms with Gasteiger partial charge in [0.1, 0.15) is 0 Å². The maximum absolute atomic E-state index is 11.2. The Hall–Kier alpha value is -1.46. The molecule has 0 aromatic carbocycles. The Morgan fingerprint density at radius 2 is 2.32 bits per heavy atom. The van der Waals surface area contributed by atoms with Gasteiger partial charge < -0.3 is 15.2 Å². The first kappa shape index (κ1) is 15.6. The minimum Gasteiger partial charge on any atom is -0.465 e. The van der Waals surface area contributed by atoms with E-state index in [-0.39, 0.29) is 12.6 Å². The van der Waals surface area contributed by atoms with Crippen molar-refractivity contribution in [1.29, 1.82) is 0 Å². The Labute approximate surface area is 114 Å². The van der Waals surface area contributed by atoms with Crippen molar-refractivity contribution in [2.24, 2.45) is 5.92 Å². The lowest BCUT2D eigenvalue weighted by Crippen LogP contribution is -2.17. The van der Waals surface area contributed by atoms with Crippen LogP contribution in [0.15, 0.2) is 18.3 Å². The quantitative estimate of drug-likeness (QED) is 0.549. The number of nitrogens with zero attached hydrogens (tertiary/aromatic N) is 1. The molecule has 0 aliphatic rings. The second-order valence-corrected chi connectivity index (χ2v) is 4.64. The van der Waals surface area contributed by atoms with E-state index in [2.05, 4.69) is 15.0 Å². The van der Waals surface area contributed by atoms with E-state index in [0.717, 1.165) is 25.1 Å². The van der Waals surface area contributed by atoms with Gasteiger partial charge in [0.2, 0.25) is 0 Å². The number of aliphatic hydroxyl groups is 1. The molecule has 5 nitrogen and oxygen atoms in total. The summed E-state index contributed by atoms with van der Waals surface area (Å²) < 4.78 is 4.61. The third kappa shape index (κ3) is 5.81. The van der Waals surface area contributed by atoms with Gasteiger partial charge in [0, 0.05) is 19.3 Å². The summed E-state index contributed by atoms with van der Waals surface area (Å²) in [5, 5.41) is 12.2. The van der Waals surface area contributed by atoms with Crippen LogP contribution in [0.1, 0.15) is 35.8 Å². The van der Waals surface area contributed by atoms with E-state index in [1.165, 1.54) is 13.3 Å². The first-order valence-electron chi connectivity index (χ1n) is 6.52. The average Bonchev–Trinajstić information content (AvgIpc) is 2.46. The Bertz CT molecular complexity index is 379. The van der Waals surface area contributed by atoms with Crippen LogP contribution in [0.5, 0.6) is 0 Å². The monoisotopic (exact) mass is 266 g/mol. The van der Waals surface area contributed by atoms with Crippen molar-refractivity contribution in [2.75, 3.05) is 20.3 Å². The molecule has 1 aromatic rings. The molecule has 1 aromatic heterocycles. The van der Waals surface area contributed by atoms with Crippen LogP contribution in [-0.4, -0.2) is 36.3 Å². The molecule has 1 rings (SSSR count). The molecule has 1 unspecified atom stereocenters. The Morgan fingerprint density at radius 1 is 1.53 bits per heavy atom. The van der Waals surface area contributed by atoms with Crippen LogP contribution < -0.4 is 5.32 Å². The van der Waals surface area contributed by atoms with Gasteiger partial charge in [-0.15, -0.1) is 0 Å². The second kappa shape index (κ2) is 8.61. The maximum atomic E-state index is 11.2. The fourth-order valence-electron chi connectivity index (χ4n) is 1.65. The molecule has 1 heterocycles. The minimum absolute atomic E-state index is 0.247. The molecular weight excluding hydrogens is 244 g/mol. The lowest BCUT2D eigenvalue weighted by atomic mass is 10.1. The Kier molecular flexibility index (Phi) is 7.07. The largest absolute Gasteiger partial charge is 0.465 e. The molecule has 0 spiro atoms. The fraction of sp³-hybridized carbons (Fsp3) is 0.571. The van der Waals surface area contributed by atoms with Gasteiger partial charge in [0.05, 0.1) is 18.4 Å². The third-order valence-corrected chi connectivity index (χ3v) is 2.91. The van der Waals surface area contributed by atoms with Crippen LogP contribution in [0.25, 0.3) is 0 Å². The van der Waals surface area contributed by atoms with E-state index in [1.807, 2.05) is 13.0 Å². The van der Waals surface area contributed by atoms with Gasteiger partial charge in [0.25, 0.3) is 0 Å². The summed E-state index contributed by atoms with van der Waals surface area (Å²) in [7, 11) is 1.35. The number of methoxy groups -OCH3 is 1. The number of pyridine rings is 1. The molecule has 2 N–H and O–H groups in total. The molecule has 5 heteroatoms. The zero-order chi connectivity index (χ0) is 14.1. The number of carbonyl (C=O) groups is 1. The summed E-state index contributed by atoms with van der Waals surface area (Å²) in [6.45, 7) is 3.85. The Morgan fingerprint density at radius 3 is 2.89 bits per heavy atom. The Balaban J connectivity index is 2.25. The summed E-state index contributed by atoms with van der Waals surface area (Å²) >= 11 is 0. The molecule has 0 fully saturated rings. The topological polar surface area (TPSA) is 71.5 Å². The molecule has 0 amide bonds. The second-order valence-electron chi connectivity index (χ2n) is 4.64. The van der Waals surface area contributed by atoms with Crippen LogP contribution in [0, 0.1) is 5.92 Å². The van der Waals surface area contributed by atoms with Gasteiger partial charge in [-0.1, -0.05) is 6.92 Å². The van der Waals surface area contributed by atoms with Gasteiger partial charge in [0.15, 0.2) is 0 Å². The number of carbonyl (C=O) groups excluding carboxylic acids is 1. The van der Waals surface area contributed by atoms with Crippen molar-refractivity contribution in [1.82, 2.24) is 10.3 Å². The lowest BCUT2D eigenvalue weighted by molar-refractivity contribution is 0.0600. The van der Waals surface area contributed by atoms with Crippen molar-refractivity contribution in [2.45, 2.75) is 26.3 Å². The fourth-order valence-corrected chi connectivity index (χ4v) is 1.65. The third-order valence-electron chi connectivity index (χ3n) is 2.91. The first-order valence-corrected chi connectivity index (χ1v) is 6.52. The van der Waals surface area contributed by atoms with E-state index < -0.39 is 0 Å². The number of esters is 1. The van der Waals surface area contributed by atoms with Crippen molar-refractivity contribution >= 4 is 5.97 Å². The number of hydrogen-bond acceptors (Lipinski definition) is 5. The number of aliphatic hydroxyl groups excluding tert-OH is 1. The summed E-state index contributed by atoms with van der Waals surface area (Å²) in [6.07, 6.45) is 3.57. The zero-order valence-electron chi connectivity index (χ0n) is 11.6. The number of hydrogen-bond donors (Lipinski definition) is 2. The highest BCUT2D eigenvalue weighted by Crippen LogP contribution is 2.04. The molecule has 0 bridgehead atoms. The summed E-state index contributed by atoms with van der Waals surface area (Å²) in [5.41, 5.74) is 1.35. The molecule has 1 atom stereocenters. The molecular formula is C14H22N2O3. The maximum Gasteiger partial charge on any atom is 0.339 e. The normalized spacial score (nSPS) is 12.2. The number of nitrogens with one attached hydrogen (secondary N) is 1. The van der Waals surface area contributed by atoms with Crippen LogP contribution in [0.4, 0.5) is 0 Å². The van der Waals surface area contributed by atoms with Gasteiger partial charge in [-0.2, -0.15) is 0 Å². The summed E-state index contributed by atoms with van der Waals surface area (Å²) in [4.78, 5) is 15.4. The van der Waals surface area contributed by atoms with Crippen LogP contribution in [0.3, 0.4) is 0 Å². The van der Waals surface area contributed by atoms with E-state index in [1.54, 1.807) is 6.07 Å². The average molecular weight is 266 g/mol. The van der Waals surface area contributed by atoms with Gasteiger partial charge in [-0.05, 0) is 37.4 Å². The molecule has 0 aliphatic carbocycles. The van der Waals surface area contributed by atoms with Crippen molar-refractivity contribution in [3.63, 3.8) is 0 Å². The van der Waals surface area contributed by atoms with Gasteiger partial charge >= 0.3 is 5.97 Å². The van der Waals surface area contributed by atoms with E-state index in [9.17, 15) is 4.79 Å². The number of rotatable bonds is 8. The van der Waals surface area contributed by atoms with Crippen LogP contribution >= 0.6 is 0 Å². The predicted octanol–water partition coefficient (Wildman–Crippen LogP) is 1.37. The molecule has 0 saturated carbocycles. The number of aromatic nitrogens is 1. The predicted molar refractivity (Wildman–Crippen MR) is 72.8 cm³/mol. The van der Waals surface area contributed by atoms with Gasteiger partial charge in [-0.25, -0.2) is 4.79 Å². The van der Waals surface area contributed by atoms with Crippen LogP contribution in [-0.2, 0) is 11.3 Å². The summed E-state index contributed by atoms with van der Waals surface area (Å²) in [5.74, 6) is -0.00994. The number of ether oxygens (including phenoxy) is 1. The highest BCUT2D eigenvalue weighted by Gasteiger charge is 2.05. The smallest absolute Gasteiger partial charge is 0.339 e. The molecule has 19 heavy (non-hydrogen) atoms. The highest BCUT2D eigenvalue weighted by atomic mass is 16.5. The van der Waals surface area contributed by atoms with E-state index >= 15 is 0 Å². The van der Waals surface area contributed by atoms with E-state index in [0.29, 0.717) is 18.0 Å². The molecule has 0 aliphatic heterocycles.